The molecule has 0 aliphatic rings. The lowest BCUT2D eigenvalue weighted by molar-refractivity contribution is -0.130. The fourth-order valence-electron chi connectivity index (χ4n) is 4.47. The smallest absolute Gasteiger partial charge is 0.335 e. The minimum absolute atomic E-state index is 0.0211. The van der Waals surface area contributed by atoms with Crippen LogP contribution in [0, 0.1) is 0 Å². The number of carbonyl (C=O) groups is 6. The Bertz CT molecular complexity index is 1730. The second-order valence-corrected chi connectivity index (χ2v) is 12.8. The zero-order valence-electron chi connectivity index (χ0n) is 30.9. The number of benzene rings is 3. The Morgan fingerprint density at radius 2 is 0.491 bits per heavy atom. The third-order valence-electron chi connectivity index (χ3n) is 6.39. The van der Waals surface area contributed by atoms with E-state index in [1.54, 1.807) is 41.5 Å². The van der Waals surface area contributed by atoms with Gasteiger partial charge in [-0.15, -0.1) is 0 Å². The average molecular weight is 768 g/mol. The highest BCUT2D eigenvalue weighted by Gasteiger charge is 2.34. The highest BCUT2D eigenvalue weighted by Crippen LogP contribution is 2.41. The Kier molecular flexibility index (Phi) is 16.8. The summed E-state index contributed by atoms with van der Waals surface area (Å²) in [6.45, 7) is 9.79. The van der Waals surface area contributed by atoms with Crippen LogP contribution >= 0.6 is 0 Å². The van der Waals surface area contributed by atoms with E-state index in [0.29, 0.717) is 14.7 Å². The van der Waals surface area contributed by atoms with Gasteiger partial charge in [0.25, 0.3) is 0 Å². The molecule has 55 heavy (non-hydrogen) atoms. The first-order valence-corrected chi connectivity index (χ1v) is 17.9. The van der Waals surface area contributed by atoms with Gasteiger partial charge in [0.2, 0.25) is 0 Å². The summed E-state index contributed by atoms with van der Waals surface area (Å²) in [5.41, 5.74) is 0. The van der Waals surface area contributed by atoms with Crippen LogP contribution in [-0.2, 0) is 39.7 Å². The molecule has 13 heteroatoms. The van der Waals surface area contributed by atoms with Gasteiger partial charge in [0.1, 0.15) is 45.4 Å². The largest absolute Gasteiger partial charge is 0.423 e. The third-order valence-corrected chi connectivity index (χ3v) is 8.52. The fraction of sp³-hybridized carbons (Fsp3) is 0.143. The van der Waals surface area contributed by atoms with Gasteiger partial charge in [-0.25, -0.2) is 28.8 Å². The summed E-state index contributed by atoms with van der Waals surface area (Å²) in [6.07, 6.45) is 16.1. The molecule has 0 atom stereocenters. The maximum absolute atomic E-state index is 12.6. The molecule has 0 aromatic heterocycles. The van der Waals surface area contributed by atoms with Crippen molar-refractivity contribution >= 4 is 46.7 Å². The molecule has 0 saturated carbocycles. The standard InChI is InChI=1S/C42H39O12S/c1-7-13-37(43)49-28-19-29(50-38(44)14-8-2)23-34(22-28)55(35-24-30(51-39(45)15-9-3)20-31(25-35)52-40(46)16-10-4)36-26-32(53-41(47)17-11-5)21-33(27-36)54-42(48)18-12-6/h7-27H,1-6H3/q+1/b13-7+,14-8+,15-9+,16-10+,17-11+,18-12+. The van der Waals surface area contributed by atoms with Crippen molar-refractivity contribution in [2.75, 3.05) is 0 Å². The molecule has 3 aromatic rings. The van der Waals surface area contributed by atoms with Gasteiger partial charge in [0.05, 0.1) is 0 Å². The molecule has 0 heterocycles. The van der Waals surface area contributed by atoms with Crippen molar-refractivity contribution in [3.05, 3.63) is 128 Å². The normalized spacial score (nSPS) is 11.6. The molecule has 284 valence electrons. The van der Waals surface area contributed by atoms with Gasteiger partial charge in [-0.05, 0) is 41.5 Å². The Morgan fingerprint density at radius 3 is 0.636 bits per heavy atom. The van der Waals surface area contributed by atoms with E-state index in [-0.39, 0.29) is 34.5 Å². The van der Waals surface area contributed by atoms with Gasteiger partial charge in [-0.1, -0.05) is 36.5 Å². The second kappa shape index (κ2) is 21.7. The maximum Gasteiger partial charge on any atom is 0.335 e. The number of esters is 6. The molecule has 0 saturated heterocycles. The number of hydrogen-bond acceptors (Lipinski definition) is 12. The van der Waals surface area contributed by atoms with Gasteiger partial charge in [0.15, 0.2) is 14.7 Å². The van der Waals surface area contributed by atoms with E-state index in [9.17, 15) is 28.8 Å². The number of ether oxygens (including phenoxy) is 6. The van der Waals surface area contributed by atoms with Crippen molar-refractivity contribution in [3.63, 3.8) is 0 Å². The molecule has 3 aromatic carbocycles. The first-order chi connectivity index (χ1) is 26.4. The van der Waals surface area contributed by atoms with E-state index in [4.69, 9.17) is 28.4 Å². The predicted molar refractivity (Wildman–Crippen MR) is 204 cm³/mol. The van der Waals surface area contributed by atoms with E-state index < -0.39 is 46.7 Å². The van der Waals surface area contributed by atoms with E-state index in [2.05, 4.69) is 0 Å². The van der Waals surface area contributed by atoms with Crippen molar-refractivity contribution in [3.8, 4) is 34.5 Å². The van der Waals surface area contributed by atoms with E-state index in [1.165, 1.54) is 128 Å². The summed E-state index contributed by atoms with van der Waals surface area (Å²) in [5, 5.41) is 0. The Labute approximate surface area is 321 Å². The number of allylic oxidation sites excluding steroid dienone is 6. The first-order valence-electron chi connectivity index (χ1n) is 16.7. The lowest BCUT2D eigenvalue weighted by Crippen LogP contribution is -2.12. The lowest BCUT2D eigenvalue weighted by Gasteiger charge is -2.15. The van der Waals surface area contributed by atoms with E-state index in [0.717, 1.165) is 0 Å². The summed E-state index contributed by atoms with van der Waals surface area (Å²) >= 11 is 0. The summed E-state index contributed by atoms with van der Waals surface area (Å²) in [5.74, 6) is -4.47. The molecule has 0 aliphatic heterocycles. The van der Waals surface area contributed by atoms with Crippen LogP contribution in [0.3, 0.4) is 0 Å². The van der Waals surface area contributed by atoms with Crippen LogP contribution in [0.5, 0.6) is 34.5 Å². The van der Waals surface area contributed by atoms with Crippen LogP contribution in [0.25, 0.3) is 0 Å². The zero-order chi connectivity index (χ0) is 40.3. The molecule has 3 rings (SSSR count). The highest BCUT2D eigenvalue weighted by atomic mass is 32.2. The molecule has 0 amide bonds. The first kappa shape index (κ1) is 42.7. The number of carbonyl (C=O) groups excluding carboxylic acids is 6. The van der Waals surface area contributed by atoms with E-state index in [1.807, 2.05) is 0 Å². The SMILES string of the molecule is C/C=C/C(=O)Oc1cc(OC(=O)/C=C/C)cc([S+](c2cc(OC(=O)/C=C/C)cc(OC(=O)/C=C/C)c2)c2cc(OC(=O)/C=C/C)cc(OC(=O)/C=C/C)c2)c1. The molecule has 0 fully saturated rings. The number of hydrogen-bond donors (Lipinski definition) is 0. The highest BCUT2D eigenvalue weighted by molar-refractivity contribution is 7.97. The van der Waals surface area contributed by atoms with Crippen LogP contribution in [0.2, 0.25) is 0 Å². The van der Waals surface area contributed by atoms with Crippen LogP contribution in [0.15, 0.2) is 142 Å². The van der Waals surface area contributed by atoms with E-state index >= 15 is 0 Å². The van der Waals surface area contributed by atoms with Gasteiger partial charge in [0, 0.05) is 91.1 Å². The van der Waals surface area contributed by atoms with Crippen LogP contribution in [0.4, 0.5) is 0 Å². The van der Waals surface area contributed by atoms with Crippen molar-refractivity contribution in [1.82, 2.24) is 0 Å². The summed E-state index contributed by atoms with van der Waals surface area (Å²) < 4.78 is 33.4. The van der Waals surface area contributed by atoms with Gasteiger partial charge < -0.3 is 28.4 Å². The molecule has 0 bridgehead atoms. The van der Waals surface area contributed by atoms with Crippen LogP contribution in [-0.4, -0.2) is 35.8 Å². The van der Waals surface area contributed by atoms with Gasteiger partial charge >= 0.3 is 35.8 Å². The Balaban J connectivity index is 2.50. The van der Waals surface area contributed by atoms with Crippen molar-refractivity contribution in [2.45, 2.75) is 56.2 Å². The molecule has 0 N–H and O–H groups in total. The van der Waals surface area contributed by atoms with Crippen LogP contribution in [0.1, 0.15) is 41.5 Å². The Morgan fingerprint density at radius 1 is 0.327 bits per heavy atom. The van der Waals surface area contributed by atoms with Crippen molar-refractivity contribution < 1.29 is 57.2 Å². The minimum Gasteiger partial charge on any atom is -0.423 e. The second-order valence-electron chi connectivity index (χ2n) is 10.8. The fourth-order valence-corrected chi connectivity index (χ4v) is 6.69. The quantitative estimate of drug-likeness (QED) is 0.0644. The summed E-state index contributed by atoms with van der Waals surface area (Å²) in [7, 11) is -1.44. The van der Waals surface area contributed by atoms with Gasteiger partial charge in [-0.2, -0.15) is 0 Å². The third kappa shape index (κ3) is 14.0. The van der Waals surface area contributed by atoms with Crippen molar-refractivity contribution in [1.29, 1.82) is 0 Å². The molecule has 0 aliphatic carbocycles. The molecule has 0 radical (unpaired) electrons. The molecule has 12 nitrogen and oxygen atoms in total. The monoisotopic (exact) mass is 767 g/mol. The predicted octanol–water partition coefficient (Wildman–Crippen LogP) is 7.67. The summed E-state index contributed by atoms with van der Waals surface area (Å²) in [4.78, 5) is 76.8. The maximum atomic E-state index is 12.6. The molecule has 0 spiro atoms. The topological polar surface area (TPSA) is 158 Å². The van der Waals surface area contributed by atoms with Gasteiger partial charge in [-0.3, -0.25) is 0 Å². The molecular weight excluding hydrogens is 729 g/mol. The minimum atomic E-state index is -1.44. The molecular formula is C42H39O12S+. The Hall–Kier alpha value is -6.73. The van der Waals surface area contributed by atoms with Crippen LogP contribution < -0.4 is 28.4 Å². The van der Waals surface area contributed by atoms with Crippen molar-refractivity contribution in [2.24, 2.45) is 0 Å². The lowest BCUT2D eigenvalue weighted by atomic mass is 10.3. The molecule has 0 unspecified atom stereocenters. The zero-order valence-corrected chi connectivity index (χ0v) is 31.7. The summed E-state index contributed by atoms with van der Waals surface area (Å²) in [6, 6.07) is 13.1. The average Bonchev–Trinajstić information content (AvgIpc) is 3.08. The number of rotatable bonds is 15.